The lowest BCUT2D eigenvalue weighted by molar-refractivity contribution is -0.137. The van der Waals surface area contributed by atoms with E-state index in [9.17, 15) is 9.59 Å². The highest BCUT2D eigenvalue weighted by molar-refractivity contribution is 6.34. The van der Waals surface area contributed by atoms with Crippen LogP contribution in [0.2, 0.25) is 5.02 Å². The van der Waals surface area contributed by atoms with Crippen LogP contribution in [0.25, 0.3) is 0 Å². The molecule has 2 rings (SSSR count). The zero-order chi connectivity index (χ0) is 13.1. The topological polar surface area (TPSA) is 37.4 Å². The lowest BCUT2D eigenvalue weighted by Gasteiger charge is -2.30. The summed E-state index contributed by atoms with van der Waals surface area (Å²) < 4.78 is 0. The summed E-state index contributed by atoms with van der Waals surface area (Å²) in [6.45, 7) is 2.71. The normalized spacial score (nSPS) is 20.0. The van der Waals surface area contributed by atoms with Crippen molar-refractivity contribution in [3.05, 3.63) is 34.9 Å². The number of halogens is 1. The average Bonchev–Trinajstić information content (AvgIpc) is 2.35. The number of hydrogen-bond donors (Lipinski definition) is 0. The van der Waals surface area contributed by atoms with Crippen LogP contribution in [0.15, 0.2) is 24.3 Å². The highest BCUT2D eigenvalue weighted by Crippen LogP contribution is 2.20. The summed E-state index contributed by atoms with van der Waals surface area (Å²) in [5.41, 5.74) is 0.491. The van der Waals surface area contributed by atoms with E-state index in [0.717, 1.165) is 12.8 Å². The molecule has 0 saturated carbocycles. The van der Waals surface area contributed by atoms with Gasteiger partial charge >= 0.3 is 0 Å². The van der Waals surface area contributed by atoms with Crippen molar-refractivity contribution >= 4 is 23.3 Å². The van der Waals surface area contributed by atoms with E-state index in [-0.39, 0.29) is 24.2 Å². The molecule has 1 aromatic rings. The summed E-state index contributed by atoms with van der Waals surface area (Å²) in [7, 11) is 0. The van der Waals surface area contributed by atoms with E-state index in [1.807, 2.05) is 6.92 Å². The highest BCUT2D eigenvalue weighted by atomic mass is 35.5. The minimum absolute atomic E-state index is 0.0257. The largest absolute Gasteiger partial charge is 0.335 e. The highest BCUT2D eigenvalue weighted by Gasteiger charge is 2.27. The molecule has 0 radical (unpaired) electrons. The lowest BCUT2D eigenvalue weighted by atomic mass is 9.98. The van der Waals surface area contributed by atoms with Crippen molar-refractivity contribution in [2.24, 2.45) is 5.92 Å². The average molecular weight is 266 g/mol. The smallest absolute Gasteiger partial charge is 0.225 e. The number of carbonyl (C=O) groups is 2. The molecular formula is C14H16ClNO2. The summed E-state index contributed by atoms with van der Waals surface area (Å²) in [6, 6.07) is 6.95. The third kappa shape index (κ3) is 2.72. The van der Waals surface area contributed by atoms with Gasteiger partial charge in [0.05, 0.1) is 11.6 Å². The predicted octanol–water partition coefficient (Wildman–Crippen LogP) is 2.78. The Morgan fingerprint density at radius 3 is 2.89 bits per heavy atom. The van der Waals surface area contributed by atoms with E-state index in [1.165, 1.54) is 0 Å². The van der Waals surface area contributed by atoms with Crippen molar-refractivity contribution in [2.45, 2.75) is 19.8 Å². The number of Topliss-reactive ketones (excluding diaryl/α,β-unsaturated/α-hetero) is 1. The second-order valence-corrected chi connectivity index (χ2v) is 5.11. The number of nitrogens with zero attached hydrogens (tertiary/aromatic N) is 1. The van der Waals surface area contributed by atoms with Gasteiger partial charge in [-0.15, -0.1) is 0 Å². The van der Waals surface area contributed by atoms with E-state index in [0.29, 0.717) is 17.1 Å². The van der Waals surface area contributed by atoms with Crippen LogP contribution in [0.3, 0.4) is 0 Å². The van der Waals surface area contributed by atoms with Gasteiger partial charge in [-0.3, -0.25) is 9.59 Å². The van der Waals surface area contributed by atoms with Gasteiger partial charge in [-0.05, 0) is 25.0 Å². The molecule has 0 aromatic heterocycles. The molecule has 1 amide bonds. The maximum Gasteiger partial charge on any atom is 0.225 e. The molecule has 1 aromatic carbocycles. The Kier molecular flexibility index (Phi) is 4.02. The number of rotatable bonds is 3. The van der Waals surface area contributed by atoms with E-state index < -0.39 is 0 Å². The fraction of sp³-hybridized carbons (Fsp3) is 0.429. The molecule has 1 saturated heterocycles. The zero-order valence-electron chi connectivity index (χ0n) is 10.4. The fourth-order valence-electron chi connectivity index (χ4n) is 2.24. The molecule has 1 heterocycles. The standard InChI is InChI=1S/C14H16ClNO2/c1-10-5-4-8-16(14(10)18)9-13(17)11-6-2-3-7-12(11)15/h2-3,6-7,10H,4-5,8-9H2,1H3. The molecule has 1 aliphatic rings. The van der Waals surface area contributed by atoms with Gasteiger partial charge in [-0.25, -0.2) is 0 Å². The van der Waals surface area contributed by atoms with Crippen molar-refractivity contribution in [1.29, 1.82) is 0 Å². The molecule has 18 heavy (non-hydrogen) atoms. The minimum atomic E-state index is -0.0944. The van der Waals surface area contributed by atoms with Gasteiger partial charge in [0, 0.05) is 18.0 Å². The maximum absolute atomic E-state index is 12.1. The first-order valence-electron chi connectivity index (χ1n) is 6.16. The number of ketones is 1. The van der Waals surface area contributed by atoms with Crippen molar-refractivity contribution in [3.63, 3.8) is 0 Å². The summed E-state index contributed by atoms with van der Waals surface area (Å²) in [6.07, 6.45) is 1.87. The Morgan fingerprint density at radius 2 is 2.17 bits per heavy atom. The molecule has 0 spiro atoms. The van der Waals surface area contributed by atoms with Crippen molar-refractivity contribution in [1.82, 2.24) is 4.90 Å². The third-order valence-corrected chi connectivity index (χ3v) is 3.64. The van der Waals surface area contributed by atoms with E-state index >= 15 is 0 Å². The monoisotopic (exact) mass is 265 g/mol. The van der Waals surface area contributed by atoms with Crippen LogP contribution in [0.4, 0.5) is 0 Å². The van der Waals surface area contributed by atoms with Crippen LogP contribution in [0.5, 0.6) is 0 Å². The van der Waals surface area contributed by atoms with Gasteiger partial charge < -0.3 is 4.90 Å². The molecule has 1 atom stereocenters. The second-order valence-electron chi connectivity index (χ2n) is 4.71. The van der Waals surface area contributed by atoms with Crippen molar-refractivity contribution < 1.29 is 9.59 Å². The molecule has 0 aliphatic carbocycles. The molecule has 0 N–H and O–H groups in total. The molecule has 0 bridgehead atoms. The number of hydrogen-bond acceptors (Lipinski definition) is 2. The fourth-order valence-corrected chi connectivity index (χ4v) is 2.48. The first-order valence-corrected chi connectivity index (χ1v) is 6.54. The van der Waals surface area contributed by atoms with Gasteiger partial charge in [0.2, 0.25) is 5.91 Å². The first-order chi connectivity index (χ1) is 8.59. The lowest BCUT2D eigenvalue weighted by Crippen LogP contribution is -2.43. The summed E-state index contributed by atoms with van der Waals surface area (Å²) in [4.78, 5) is 25.7. The SMILES string of the molecule is CC1CCCN(CC(=O)c2ccccc2Cl)C1=O. The first kappa shape index (κ1) is 13.1. The number of benzene rings is 1. The Hall–Kier alpha value is -1.35. The summed E-state index contributed by atoms with van der Waals surface area (Å²) in [5, 5.41) is 0.444. The van der Waals surface area contributed by atoms with Crippen LogP contribution in [-0.2, 0) is 4.79 Å². The third-order valence-electron chi connectivity index (χ3n) is 3.31. The van der Waals surface area contributed by atoms with E-state index in [4.69, 9.17) is 11.6 Å². The molecule has 1 aliphatic heterocycles. The molecular weight excluding hydrogens is 250 g/mol. The van der Waals surface area contributed by atoms with Gasteiger partial charge in [0.1, 0.15) is 0 Å². The van der Waals surface area contributed by atoms with Gasteiger partial charge in [0.15, 0.2) is 5.78 Å². The van der Waals surface area contributed by atoms with Crippen LogP contribution in [-0.4, -0.2) is 29.7 Å². The Labute approximate surface area is 112 Å². The van der Waals surface area contributed by atoms with Crippen LogP contribution in [0, 0.1) is 5.92 Å². The molecule has 96 valence electrons. The number of carbonyl (C=O) groups excluding carboxylic acids is 2. The van der Waals surface area contributed by atoms with Crippen LogP contribution in [0.1, 0.15) is 30.1 Å². The quantitative estimate of drug-likeness (QED) is 0.788. The minimum Gasteiger partial charge on any atom is -0.335 e. The van der Waals surface area contributed by atoms with Crippen molar-refractivity contribution in [3.8, 4) is 0 Å². The molecule has 1 fully saturated rings. The predicted molar refractivity (Wildman–Crippen MR) is 70.8 cm³/mol. The Morgan fingerprint density at radius 1 is 1.44 bits per heavy atom. The zero-order valence-corrected chi connectivity index (χ0v) is 11.1. The second kappa shape index (κ2) is 5.53. The summed E-state index contributed by atoms with van der Waals surface area (Å²) in [5.74, 6) is 0.00231. The molecule has 4 heteroatoms. The van der Waals surface area contributed by atoms with Crippen LogP contribution >= 0.6 is 11.6 Å². The summed E-state index contributed by atoms with van der Waals surface area (Å²) >= 11 is 5.98. The van der Waals surface area contributed by atoms with Gasteiger partial charge in [-0.1, -0.05) is 30.7 Å². The number of piperidine rings is 1. The van der Waals surface area contributed by atoms with Crippen LogP contribution < -0.4 is 0 Å². The van der Waals surface area contributed by atoms with Gasteiger partial charge in [0.25, 0.3) is 0 Å². The molecule has 1 unspecified atom stereocenters. The van der Waals surface area contributed by atoms with Crippen molar-refractivity contribution in [2.75, 3.05) is 13.1 Å². The van der Waals surface area contributed by atoms with Gasteiger partial charge in [-0.2, -0.15) is 0 Å². The Bertz CT molecular complexity index is 473. The maximum atomic E-state index is 12.1. The number of amides is 1. The Balaban J connectivity index is 2.08. The van der Waals surface area contributed by atoms with E-state index in [2.05, 4.69) is 0 Å². The van der Waals surface area contributed by atoms with E-state index in [1.54, 1.807) is 29.2 Å². The number of likely N-dealkylation sites (tertiary alicyclic amines) is 1. The molecule has 3 nitrogen and oxygen atoms in total.